The largest absolute Gasteiger partial charge is 0.373 e. The Morgan fingerprint density at radius 1 is 1.17 bits per heavy atom. The fourth-order valence-electron chi connectivity index (χ4n) is 3.25. The molecule has 5 nitrogen and oxygen atoms in total. The third-order valence-electron chi connectivity index (χ3n) is 4.14. The third-order valence-corrected chi connectivity index (χ3v) is 5.62. The molecule has 2 atom stereocenters. The molecule has 0 spiro atoms. The quantitative estimate of drug-likeness (QED) is 0.662. The van der Waals surface area contributed by atoms with Crippen LogP contribution in [0.4, 0.5) is 0 Å². The van der Waals surface area contributed by atoms with E-state index in [-0.39, 0.29) is 12.2 Å². The number of hydrogen-bond donors (Lipinski definition) is 0. The summed E-state index contributed by atoms with van der Waals surface area (Å²) in [5.41, 5.74) is 1.07. The predicted octanol–water partition coefficient (Wildman–Crippen LogP) is 3.83. The molecule has 0 saturated carbocycles. The maximum atomic E-state index is 5.81. The number of aromatic nitrogens is 3. The zero-order valence-corrected chi connectivity index (χ0v) is 16.0. The number of halogens is 1. The summed E-state index contributed by atoms with van der Waals surface area (Å²) in [7, 11) is 0. The van der Waals surface area contributed by atoms with Gasteiger partial charge in [-0.15, -0.1) is 10.2 Å². The van der Waals surface area contributed by atoms with Crippen LogP contribution in [0.3, 0.4) is 0 Å². The minimum absolute atomic E-state index is 0.290. The highest BCUT2D eigenvalue weighted by Gasteiger charge is 2.23. The van der Waals surface area contributed by atoms with Gasteiger partial charge in [0.05, 0.1) is 12.2 Å². The van der Waals surface area contributed by atoms with Crippen molar-refractivity contribution in [3.05, 3.63) is 39.8 Å². The van der Waals surface area contributed by atoms with Crippen LogP contribution in [-0.4, -0.2) is 44.8 Å². The molecule has 1 aliphatic rings. The average Bonchev–Trinajstić information content (AvgIpc) is 3.07. The van der Waals surface area contributed by atoms with E-state index in [1.54, 1.807) is 11.3 Å². The zero-order valence-electron chi connectivity index (χ0n) is 13.6. The average molecular weight is 407 g/mol. The van der Waals surface area contributed by atoms with Crippen LogP contribution in [0.15, 0.2) is 34.9 Å². The number of fused-ring (bicyclic) bond motifs is 1. The van der Waals surface area contributed by atoms with Gasteiger partial charge in [0.1, 0.15) is 0 Å². The highest BCUT2D eigenvalue weighted by molar-refractivity contribution is 9.10. The molecule has 7 heteroatoms. The standard InChI is InChI=1S/C17H19BrN4OS/c1-11-7-21(8-12(2)23-11)9-15-10-22-16(19-20-17(22)24-15)13-3-5-14(18)6-4-13/h3-6,10-12H,7-9H2,1-2H3. The Labute approximate surface area is 153 Å². The minimum Gasteiger partial charge on any atom is -0.373 e. The summed E-state index contributed by atoms with van der Waals surface area (Å²) < 4.78 is 8.97. The molecule has 2 unspecified atom stereocenters. The summed E-state index contributed by atoms with van der Waals surface area (Å²) in [4.78, 5) is 4.70. The Kier molecular flexibility index (Phi) is 4.42. The van der Waals surface area contributed by atoms with E-state index in [9.17, 15) is 0 Å². The topological polar surface area (TPSA) is 42.7 Å². The number of thiazole rings is 1. The minimum atomic E-state index is 0.290. The van der Waals surface area contributed by atoms with Crippen molar-refractivity contribution < 1.29 is 4.74 Å². The third kappa shape index (κ3) is 3.26. The maximum Gasteiger partial charge on any atom is 0.216 e. The molecule has 2 aromatic heterocycles. The summed E-state index contributed by atoms with van der Waals surface area (Å²) in [5.74, 6) is 0.892. The van der Waals surface area contributed by atoms with E-state index in [2.05, 4.69) is 67.6 Å². The van der Waals surface area contributed by atoms with Crippen LogP contribution in [0.25, 0.3) is 16.3 Å². The first-order chi connectivity index (χ1) is 11.6. The second-order valence-electron chi connectivity index (χ2n) is 6.33. The molecule has 0 N–H and O–H groups in total. The molecule has 4 rings (SSSR count). The van der Waals surface area contributed by atoms with Gasteiger partial charge in [0.15, 0.2) is 5.82 Å². The van der Waals surface area contributed by atoms with E-state index in [4.69, 9.17) is 4.74 Å². The Morgan fingerprint density at radius 2 is 1.88 bits per heavy atom. The Bertz CT molecular complexity index is 834. The SMILES string of the molecule is CC1CN(Cc2cn3c(-c4ccc(Br)cc4)nnc3s2)CC(C)O1. The van der Waals surface area contributed by atoms with Crippen molar-refractivity contribution in [3.8, 4) is 11.4 Å². The number of ether oxygens (including phenoxy) is 1. The van der Waals surface area contributed by atoms with Gasteiger partial charge in [0.25, 0.3) is 0 Å². The van der Waals surface area contributed by atoms with Gasteiger partial charge in [-0.05, 0) is 26.0 Å². The maximum absolute atomic E-state index is 5.81. The van der Waals surface area contributed by atoms with E-state index < -0.39 is 0 Å². The van der Waals surface area contributed by atoms with E-state index in [0.29, 0.717) is 0 Å². The van der Waals surface area contributed by atoms with Crippen molar-refractivity contribution in [1.82, 2.24) is 19.5 Å². The molecule has 24 heavy (non-hydrogen) atoms. The Balaban J connectivity index is 1.59. The summed E-state index contributed by atoms with van der Waals surface area (Å²) in [6.45, 7) is 7.16. The molecule has 0 aliphatic carbocycles. The second kappa shape index (κ2) is 6.55. The number of rotatable bonds is 3. The fraction of sp³-hybridized carbons (Fsp3) is 0.412. The summed E-state index contributed by atoms with van der Waals surface area (Å²) in [5, 5.41) is 8.68. The van der Waals surface area contributed by atoms with Gasteiger partial charge < -0.3 is 4.74 Å². The van der Waals surface area contributed by atoms with Crippen LogP contribution in [0.5, 0.6) is 0 Å². The van der Waals surface area contributed by atoms with Crippen molar-refractivity contribution in [2.75, 3.05) is 13.1 Å². The smallest absolute Gasteiger partial charge is 0.216 e. The van der Waals surface area contributed by atoms with Crippen molar-refractivity contribution in [2.45, 2.75) is 32.6 Å². The molecule has 3 aromatic rings. The molecule has 1 aromatic carbocycles. The van der Waals surface area contributed by atoms with Gasteiger partial charge in [-0.25, -0.2) is 0 Å². The van der Waals surface area contributed by atoms with Crippen LogP contribution < -0.4 is 0 Å². The Morgan fingerprint density at radius 3 is 2.58 bits per heavy atom. The number of nitrogens with zero attached hydrogens (tertiary/aromatic N) is 4. The van der Waals surface area contributed by atoms with Gasteiger partial charge in [0, 0.05) is 40.7 Å². The van der Waals surface area contributed by atoms with Gasteiger partial charge >= 0.3 is 0 Å². The van der Waals surface area contributed by atoms with E-state index >= 15 is 0 Å². The number of hydrogen-bond acceptors (Lipinski definition) is 5. The fourth-order valence-corrected chi connectivity index (χ4v) is 4.48. The van der Waals surface area contributed by atoms with E-state index in [1.807, 2.05) is 12.1 Å². The Hall–Kier alpha value is -1.28. The first kappa shape index (κ1) is 16.2. The van der Waals surface area contributed by atoms with Crippen LogP contribution >= 0.6 is 27.3 Å². The molecule has 0 radical (unpaired) electrons. The molecule has 126 valence electrons. The second-order valence-corrected chi connectivity index (χ2v) is 8.34. The molecule has 3 heterocycles. The molecule has 1 aliphatic heterocycles. The predicted molar refractivity (Wildman–Crippen MR) is 99.3 cm³/mol. The lowest BCUT2D eigenvalue weighted by Crippen LogP contribution is -2.44. The van der Waals surface area contributed by atoms with Gasteiger partial charge in [-0.3, -0.25) is 9.30 Å². The summed E-state index contributed by atoms with van der Waals surface area (Å²) in [6.07, 6.45) is 2.75. The van der Waals surface area contributed by atoms with E-state index in [0.717, 1.165) is 40.5 Å². The normalized spacial score (nSPS) is 22.3. The molecular weight excluding hydrogens is 388 g/mol. The number of benzene rings is 1. The summed E-state index contributed by atoms with van der Waals surface area (Å²) in [6, 6.07) is 8.17. The van der Waals surface area contributed by atoms with Gasteiger partial charge in [-0.1, -0.05) is 39.4 Å². The molecular formula is C17H19BrN4OS. The molecule has 0 amide bonds. The highest BCUT2D eigenvalue weighted by atomic mass is 79.9. The molecule has 0 bridgehead atoms. The van der Waals surface area contributed by atoms with Crippen molar-refractivity contribution in [3.63, 3.8) is 0 Å². The first-order valence-electron chi connectivity index (χ1n) is 8.05. The van der Waals surface area contributed by atoms with Crippen LogP contribution in [-0.2, 0) is 11.3 Å². The molecule has 1 saturated heterocycles. The molecule has 1 fully saturated rings. The first-order valence-corrected chi connectivity index (χ1v) is 9.66. The van der Waals surface area contributed by atoms with Crippen molar-refractivity contribution in [1.29, 1.82) is 0 Å². The van der Waals surface area contributed by atoms with Gasteiger partial charge in [0.2, 0.25) is 4.96 Å². The zero-order chi connectivity index (χ0) is 16.7. The highest BCUT2D eigenvalue weighted by Crippen LogP contribution is 2.26. The van der Waals surface area contributed by atoms with Gasteiger partial charge in [-0.2, -0.15) is 0 Å². The van der Waals surface area contributed by atoms with Crippen LogP contribution in [0.2, 0.25) is 0 Å². The van der Waals surface area contributed by atoms with Crippen LogP contribution in [0.1, 0.15) is 18.7 Å². The lowest BCUT2D eigenvalue weighted by atomic mass is 10.2. The van der Waals surface area contributed by atoms with Crippen LogP contribution in [0, 0.1) is 0 Å². The van der Waals surface area contributed by atoms with Crippen molar-refractivity contribution >= 4 is 32.2 Å². The monoisotopic (exact) mass is 406 g/mol. The summed E-state index contributed by atoms with van der Waals surface area (Å²) >= 11 is 5.18. The van der Waals surface area contributed by atoms with E-state index in [1.165, 1.54) is 4.88 Å². The lowest BCUT2D eigenvalue weighted by molar-refractivity contribution is -0.0702. The lowest BCUT2D eigenvalue weighted by Gasteiger charge is -2.34. The van der Waals surface area contributed by atoms with Crippen molar-refractivity contribution in [2.24, 2.45) is 0 Å². The number of morpholine rings is 1.